The molecule has 0 spiro atoms. The number of hydrogen-bond donors (Lipinski definition) is 4. The Kier molecular flexibility index (Phi) is 4.02. The standard InChI is InChI=1S/C15H18N4O/c16-7-9-3-1-5-11(18)13(9)15(20)14-10(8-17)4-2-6-12(14)19/h1-6H,7-8,16-19H2. The van der Waals surface area contributed by atoms with Crippen molar-refractivity contribution in [2.75, 3.05) is 11.5 Å². The minimum atomic E-state index is -0.234. The third-order valence-electron chi connectivity index (χ3n) is 3.26. The third kappa shape index (κ3) is 2.36. The zero-order chi connectivity index (χ0) is 14.7. The number of hydrogen-bond acceptors (Lipinski definition) is 5. The van der Waals surface area contributed by atoms with Crippen LogP contribution in [0.4, 0.5) is 11.4 Å². The van der Waals surface area contributed by atoms with Gasteiger partial charge < -0.3 is 22.9 Å². The van der Waals surface area contributed by atoms with Crippen LogP contribution in [-0.4, -0.2) is 5.78 Å². The van der Waals surface area contributed by atoms with Gasteiger partial charge in [-0.25, -0.2) is 0 Å². The Labute approximate surface area is 117 Å². The van der Waals surface area contributed by atoms with Gasteiger partial charge in [0.1, 0.15) is 0 Å². The van der Waals surface area contributed by atoms with Crippen molar-refractivity contribution in [3.63, 3.8) is 0 Å². The summed E-state index contributed by atoms with van der Waals surface area (Å²) in [6, 6.07) is 10.5. The van der Waals surface area contributed by atoms with Crippen molar-refractivity contribution in [3.8, 4) is 0 Å². The maximum atomic E-state index is 12.8. The summed E-state index contributed by atoms with van der Waals surface area (Å²) in [7, 11) is 0. The Morgan fingerprint density at radius 1 is 0.800 bits per heavy atom. The predicted octanol–water partition coefficient (Wildman–Crippen LogP) is 0.999. The van der Waals surface area contributed by atoms with Crippen LogP contribution in [0.2, 0.25) is 0 Å². The van der Waals surface area contributed by atoms with Gasteiger partial charge >= 0.3 is 0 Å². The third-order valence-corrected chi connectivity index (χ3v) is 3.26. The van der Waals surface area contributed by atoms with E-state index in [-0.39, 0.29) is 18.9 Å². The summed E-state index contributed by atoms with van der Waals surface area (Å²) in [6.07, 6.45) is 0. The number of anilines is 2. The van der Waals surface area contributed by atoms with Gasteiger partial charge in [-0.2, -0.15) is 0 Å². The second-order valence-corrected chi connectivity index (χ2v) is 4.50. The number of nitrogens with two attached hydrogens (primary N) is 4. The quantitative estimate of drug-likeness (QED) is 0.488. The minimum Gasteiger partial charge on any atom is -0.398 e. The van der Waals surface area contributed by atoms with Crippen LogP contribution < -0.4 is 22.9 Å². The highest BCUT2D eigenvalue weighted by atomic mass is 16.1. The van der Waals surface area contributed by atoms with E-state index in [1.54, 1.807) is 36.4 Å². The molecule has 0 aliphatic heterocycles. The molecule has 0 radical (unpaired) electrons. The first-order valence-electron chi connectivity index (χ1n) is 6.29. The molecule has 2 aromatic carbocycles. The highest BCUT2D eigenvalue weighted by molar-refractivity contribution is 6.16. The number of carbonyl (C=O) groups is 1. The van der Waals surface area contributed by atoms with Crippen LogP contribution in [0.25, 0.3) is 0 Å². The van der Waals surface area contributed by atoms with Crippen LogP contribution in [0, 0.1) is 0 Å². The topological polar surface area (TPSA) is 121 Å². The maximum Gasteiger partial charge on any atom is 0.197 e. The fraction of sp³-hybridized carbons (Fsp3) is 0.133. The van der Waals surface area contributed by atoms with E-state index in [9.17, 15) is 4.79 Å². The molecule has 0 bridgehead atoms. The Balaban J connectivity index is 2.64. The van der Waals surface area contributed by atoms with Crippen molar-refractivity contribution in [1.82, 2.24) is 0 Å². The minimum absolute atomic E-state index is 0.233. The fourth-order valence-electron chi connectivity index (χ4n) is 2.26. The summed E-state index contributed by atoms with van der Waals surface area (Å²) < 4.78 is 0. The molecule has 0 aromatic heterocycles. The molecule has 0 aliphatic carbocycles. The molecule has 0 saturated heterocycles. The van der Waals surface area contributed by atoms with Gasteiger partial charge in [0.15, 0.2) is 5.78 Å². The lowest BCUT2D eigenvalue weighted by Crippen LogP contribution is -2.16. The van der Waals surface area contributed by atoms with Crippen LogP contribution >= 0.6 is 0 Å². The zero-order valence-corrected chi connectivity index (χ0v) is 11.1. The molecular formula is C15H18N4O. The van der Waals surface area contributed by atoms with E-state index < -0.39 is 0 Å². The van der Waals surface area contributed by atoms with E-state index in [1.807, 2.05) is 0 Å². The van der Waals surface area contributed by atoms with E-state index in [4.69, 9.17) is 22.9 Å². The van der Waals surface area contributed by atoms with E-state index in [2.05, 4.69) is 0 Å². The Morgan fingerprint density at radius 2 is 1.20 bits per heavy atom. The lowest BCUT2D eigenvalue weighted by atomic mass is 9.92. The Bertz CT molecular complexity index is 597. The molecule has 0 saturated carbocycles. The summed E-state index contributed by atoms with van der Waals surface area (Å²) >= 11 is 0. The van der Waals surface area contributed by atoms with Gasteiger partial charge in [0.05, 0.1) is 11.1 Å². The molecule has 104 valence electrons. The van der Waals surface area contributed by atoms with E-state index in [0.29, 0.717) is 33.6 Å². The van der Waals surface area contributed by atoms with Crippen LogP contribution in [0.1, 0.15) is 27.0 Å². The van der Waals surface area contributed by atoms with Crippen molar-refractivity contribution in [2.24, 2.45) is 11.5 Å². The molecule has 0 atom stereocenters. The number of ketones is 1. The molecule has 0 unspecified atom stereocenters. The number of nitrogen functional groups attached to an aromatic ring is 2. The van der Waals surface area contributed by atoms with E-state index in [0.717, 1.165) is 0 Å². The van der Waals surface area contributed by atoms with Crippen molar-refractivity contribution in [1.29, 1.82) is 0 Å². The van der Waals surface area contributed by atoms with Crippen LogP contribution in [0.5, 0.6) is 0 Å². The molecule has 0 fully saturated rings. The highest BCUT2D eigenvalue weighted by Gasteiger charge is 2.20. The molecule has 20 heavy (non-hydrogen) atoms. The normalized spacial score (nSPS) is 10.5. The zero-order valence-electron chi connectivity index (χ0n) is 11.1. The largest absolute Gasteiger partial charge is 0.398 e. The number of benzene rings is 2. The predicted molar refractivity (Wildman–Crippen MR) is 80.9 cm³/mol. The Hall–Kier alpha value is -2.37. The average Bonchev–Trinajstić information content (AvgIpc) is 2.45. The van der Waals surface area contributed by atoms with Gasteiger partial charge in [0, 0.05) is 24.5 Å². The van der Waals surface area contributed by atoms with Crippen molar-refractivity contribution >= 4 is 17.2 Å². The maximum absolute atomic E-state index is 12.8. The summed E-state index contributed by atoms with van der Waals surface area (Å²) in [5.41, 5.74) is 26.2. The lowest BCUT2D eigenvalue weighted by Gasteiger charge is -2.14. The Morgan fingerprint density at radius 3 is 1.55 bits per heavy atom. The lowest BCUT2D eigenvalue weighted by molar-refractivity contribution is 0.103. The number of rotatable bonds is 4. The molecule has 2 rings (SSSR count). The van der Waals surface area contributed by atoms with Gasteiger partial charge in [0.25, 0.3) is 0 Å². The number of carbonyl (C=O) groups excluding carboxylic acids is 1. The van der Waals surface area contributed by atoms with Gasteiger partial charge in [-0.3, -0.25) is 4.79 Å². The highest BCUT2D eigenvalue weighted by Crippen LogP contribution is 2.26. The van der Waals surface area contributed by atoms with Gasteiger partial charge in [-0.05, 0) is 23.3 Å². The van der Waals surface area contributed by atoms with Gasteiger partial charge in [0.2, 0.25) is 0 Å². The van der Waals surface area contributed by atoms with E-state index in [1.165, 1.54) is 0 Å². The molecule has 0 amide bonds. The molecule has 8 N–H and O–H groups in total. The second-order valence-electron chi connectivity index (χ2n) is 4.50. The van der Waals surface area contributed by atoms with Crippen molar-refractivity contribution < 1.29 is 4.79 Å². The molecule has 0 heterocycles. The molecule has 2 aromatic rings. The van der Waals surface area contributed by atoms with Crippen molar-refractivity contribution in [2.45, 2.75) is 13.1 Å². The first kappa shape index (κ1) is 14.0. The molecular weight excluding hydrogens is 252 g/mol. The molecule has 5 heteroatoms. The first-order valence-corrected chi connectivity index (χ1v) is 6.29. The second kappa shape index (κ2) is 5.73. The average molecular weight is 270 g/mol. The van der Waals surface area contributed by atoms with Crippen molar-refractivity contribution in [3.05, 3.63) is 58.7 Å². The van der Waals surface area contributed by atoms with Crippen LogP contribution in [0.15, 0.2) is 36.4 Å². The van der Waals surface area contributed by atoms with E-state index >= 15 is 0 Å². The summed E-state index contributed by atoms with van der Waals surface area (Å²) in [4.78, 5) is 12.8. The molecule has 5 nitrogen and oxygen atoms in total. The summed E-state index contributed by atoms with van der Waals surface area (Å²) in [5.74, 6) is -0.234. The smallest absolute Gasteiger partial charge is 0.197 e. The fourth-order valence-corrected chi connectivity index (χ4v) is 2.26. The SMILES string of the molecule is NCc1cccc(N)c1C(=O)c1c(N)cccc1CN. The van der Waals surface area contributed by atoms with Gasteiger partial charge in [-0.15, -0.1) is 0 Å². The first-order chi connectivity index (χ1) is 9.60. The molecule has 0 aliphatic rings. The van der Waals surface area contributed by atoms with Crippen LogP contribution in [0.3, 0.4) is 0 Å². The summed E-state index contributed by atoms with van der Waals surface area (Å²) in [5, 5.41) is 0. The summed E-state index contributed by atoms with van der Waals surface area (Å²) in [6.45, 7) is 0.466. The van der Waals surface area contributed by atoms with Crippen LogP contribution in [-0.2, 0) is 13.1 Å². The monoisotopic (exact) mass is 270 g/mol. The van der Waals surface area contributed by atoms with Gasteiger partial charge in [-0.1, -0.05) is 24.3 Å².